The first-order valence-electron chi connectivity index (χ1n) is 10.6. The van der Waals surface area contributed by atoms with Gasteiger partial charge >= 0.3 is 0 Å². The highest BCUT2D eigenvalue weighted by atomic mass is 32.2. The number of carbonyl (C=O) groups is 1. The van der Waals surface area contributed by atoms with Crippen LogP contribution in [0.25, 0.3) is 0 Å². The lowest BCUT2D eigenvalue weighted by molar-refractivity contribution is 0.0948. The van der Waals surface area contributed by atoms with Crippen molar-refractivity contribution in [3.8, 4) is 17.4 Å². The highest BCUT2D eigenvalue weighted by Gasteiger charge is 2.12. The molecular weight excluding hydrogens is 452 g/mol. The molecule has 0 atom stereocenters. The van der Waals surface area contributed by atoms with Gasteiger partial charge in [-0.15, -0.1) is 23.1 Å². The van der Waals surface area contributed by atoms with Crippen LogP contribution in [0.2, 0.25) is 0 Å². The Balaban J connectivity index is 1.35. The Morgan fingerprint density at radius 2 is 1.82 bits per heavy atom. The zero-order valence-electron chi connectivity index (χ0n) is 18.2. The number of benzene rings is 2. The summed E-state index contributed by atoms with van der Waals surface area (Å²) in [6.45, 7) is 2.87. The Morgan fingerprint density at radius 1 is 1.00 bits per heavy atom. The van der Waals surface area contributed by atoms with Gasteiger partial charge in [-0.05, 0) is 48.2 Å². The third-order valence-electron chi connectivity index (χ3n) is 4.70. The number of pyridine rings is 1. The predicted octanol–water partition coefficient (Wildman–Crippen LogP) is 6.56. The molecule has 168 valence electrons. The van der Waals surface area contributed by atoms with Gasteiger partial charge in [0.2, 0.25) is 5.88 Å². The number of nitrogens with zero attached hydrogens (tertiary/aromatic N) is 1. The van der Waals surface area contributed by atoms with Gasteiger partial charge < -0.3 is 14.8 Å². The second kappa shape index (κ2) is 11.5. The van der Waals surface area contributed by atoms with Crippen molar-refractivity contribution in [2.24, 2.45) is 0 Å². The van der Waals surface area contributed by atoms with Crippen molar-refractivity contribution in [2.45, 2.75) is 24.1 Å². The molecule has 0 bridgehead atoms. The third kappa shape index (κ3) is 6.37. The van der Waals surface area contributed by atoms with Crippen LogP contribution in [0.1, 0.15) is 27.7 Å². The molecule has 0 aliphatic carbocycles. The van der Waals surface area contributed by atoms with E-state index in [0.29, 0.717) is 36.1 Å². The smallest absolute Gasteiger partial charge is 0.252 e. The highest BCUT2D eigenvalue weighted by Crippen LogP contribution is 2.30. The molecule has 0 fully saturated rings. The Hall–Kier alpha value is -3.29. The maximum Gasteiger partial charge on any atom is 0.252 e. The standard InChI is InChI=1S/C26H24N2O3S2/c1-2-30-22-10-4-5-11-23(22)31-25-14-13-19(16-27-25)17-28-26(29)21-9-3-6-12-24(21)33-18-20-8-7-15-32-20/h3-16H,2,17-18H2,1H3,(H,28,29). The van der Waals surface area contributed by atoms with Crippen LogP contribution in [0.4, 0.5) is 0 Å². The van der Waals surface area contributed by atoms with Crippen molar-refractivity contribution in [1.29, 1.82) is 0 Å². The lowest BCUT2D eigenvalue weighted by Crippen LogP contribution is -2.23. The quantitative estimate of drug-likeness (QED) is 0.263. The van der Waals surface area contributed by atoms with Gasteiger partial charge in [-0.2, -0.15) is 0 Å². The largest absolute Gasteiger partial charge is 0.490 e. The average Bonchev–Trinajstić information content (AvgIpc) is 3.37. The second-order valence-corrected chi connectivity index (χ2v) is 9.08. The number of thioether (sulfide) groups is 1. The molecule has 5 nitrogen and oxygen atoms in total. The van der Waals surface area contributed by atoms with E-state index in [1.165, 1.54) is 4.88 Å². The van der Waals surface area contributed by atoms with Crippen molar-refractivity contribution in [3.05, 3.63) is 100 Å². The number of nitrogens with one attached hydrogen (secondary N) is 1. The van der Waals surface area contributed by atoms with Gasteiger partial charge in [0.1, 0.15) is 0 Å². The number of hydrogen-bond donors (Lipinski definition) is 1. The molecule has 0 unspecified atom stereocenters. The monoisotopic (exact) mass is 476 g/mol. The normalized spacial score (nSPS) is 10.6. The highest BCUT2D eigenvalue weighted by molar-refractivity contribution is 7.98. The zero-order valence-corrected chi connectivity index (χ0v) is 19.8. The summed E-state index contributed by atoms with van der Waals surface area (Å²) in [4.78, 5) is 19.5. The van der Waals surface area contributed by atoms with E-state index >= 15 is 0 Å². The molecule has 1 amide bonds. The molecule has 2 aromatic heterocycles. The second-order valence-electron chi connectivity index (χ2n) is 7.03. The summed E-state index contributed by atoms with van der Waals surface area (Å²) in [5, 5.41) is 5.06. The molecule has 2 heterocycles. The molecule has 4 aromatic rings. The summed E-state index contributed by atoms with van der Waals surface area (Å²) in [5.74, 6) is 2.50. The maximum absolute atomic E-state index is 12.8. The van der Waals surface area contributed by atoms with Gasteiger partial charge in [-0.25, -0.2) is 4.98 Å². The number of aromatic nitrogens is 1. The van der Waals surface area contributed by atoms with Crippen LogP contribution >= 0.6 is 23.1 Å². The van der Waals surface area contributed by atoms with Crippen molar-refractivity contribution in [2.75, 3.05) is 6.61 Å². The first-order chi connectivity index (χ1) is 16.2. The summed E-state index contributed by atoms with van der Waals surface area (Å²) in [5.41, 5.74) is 1.57. The zero-order chi connectivity index (χ0) is 22.9. The van der Waals surface area contributed by atoms with Crippen LogP contribution in [-0.4, -0.2) is 17.5 Å². The van der Waals surface area contributed by atoms with Crippen LogP contribution in [0.15, 0.2) is 89.3 Å². The summed E-state index contributed by atoms with van der Waals surface area (Å²) in [7, 11) is 0. The van der Waals surface area contributed by atoms with Gasteiger partial charge in [-0.3, -0.25) is 4.79 Å². The molecule has 0 radical (unpaired) electrons. The number of ether oxygens (including phenoxy) is 2. The summed E-state index contributed by atoms with van der Waals surface area (Å²) in [6, 6.07) is 23.0. The number of rotatable bonds is 10. The first kappa shape index (κ1) is 22.9. The van der Waals surface area contributed by atoms with Crippen molar-refractivity contribution in [1.82, 2.24) is 10.3 Å². The van der Waals surface area contributed by atoms with Crippen molar-refractivity contribution in [3.63, 3.8) is 0 Å². The molecule has 0 saturated carbocycles. The van der Waals surface area contributed by atoms with E-state index in [4.69, 9.17) is 9.47 Å². The number of thiophene rings is 1. The Labute approximate surface area is 201 Å². The maximum atomic E-state index is 12.8. The molecule has 7 heteroatoms. The van der Waals surface area contributed by atoms with Crippen LogP contribution in [0.3, 0.4) is 0 Å². The molecule has 2 aromatic carbocycles. The fourth-order valence-corrected chi connectivity index (χ4v) is 4.92. The van der Waals surface area contributed by atoms with Crippen molar-refractivity contribution < 1.29 is 14.3 Å². The van der Waals surface area contributed by atoms with Gasteiger partial charge in [-0.1, -0.05) is 36.4 Å². The molecule has 0 saturated heterocycles. The summed E-state index contributed by atoms with van der Waals surface area (Å²) in [6.07, 6.45) is 1.70. The number of hydrogen-bond acceptors (Lipinski definition) is 6. The van der Waals surface area contributed by atoms with Gasteiger partial charge in [0, 0.05) is 34.3 Å². The summed E-state index contributed by atoms with van der Waals surface area (Å²) >= 11 is 3.40. The van der Waals surface area contributed by atoms with E-state index in [9.17, 15) is 4.79 Å². The number of carbonyl (C=O) groups excluding carboxylic acids is 1. The van der Waals surface area contributed by atoms with Gasteiger partial charge in [0.05, 0.1) is 12.2 Å². The molecule has 1 N–H and O–H groups in total. The fraction of sp³-hybridized carbons (Fsp3) is 0.154. The van der Waals surface area contributed by atoms with E-state index in [-0.39, 0.29) is 5.91 Å². The number of para-hydroxylation sites is 2. The SMILES string of the molecule is CCOc1ccccc1Oc1ccc(CNC(=O)c2ccccc2SCc2cccs2)cn1. The van der Waals surface area contributed by atoms with E-state index in [2.05, 4.69) is 21.7 Å². The Bertz CT molecular complexity index is 1180. The van der Waals surface area contributed by atoms with E-state index in [1.54, 1.807) is 35.4 Å². The lowest BCUT2D eigenvalue weighted by atomic mass is 10.2. The Morgan fingerprint density at radius 3 is 2.58 bits per heavy atom. The van der Waals surface area contributed by atoms with Gasteiger partial charge in [0.15, 0.2) is 11.5 Å². The predicted molar refractivity (Wildman–Crippen MR) is 133 cm³/mol. The average molecular weight is 477 g/mol. The van der Waals surface area contributed by atoms with Crippen LogP contribution in [0.5, 0.6) is 17.4 Å². The first-order valence-corrected chi connectivity index (χ1v) is 12.5. The topological polar surface area (TPSA) is 60.5 Å². The third-order valence-corrected chi connectivity index (χ3v) is 6.88. The van der Waals surface area contributed by atoms with E-state index in [1.807, 2.05) is 67.6 Å². The minimum Gasteiger partial charge on any atom is -0.490 e. The van der Waals surface area contributed by atoms with Crippen LogP contribution in [-0.2, 0) is 12.3 Å². The van der Waals surface area contributed by atoms with E-state index < -0.39 is 0 Å². The van der Waals surface area contributed by atoms with Crippen LogP contribution < -0.4 is 14.8 Å². The molecular formula is C26H24N2O3S2. The van der Waals surface area contributed by atoms with Crippen LogP contribution in [0, 0.1) is 0 Å². The van der Waals surface area contributed by atoms with Gasteiger partial charge in [0.25, 0.3) is 5.91 Å². The minimum absolute atomic E-state index is 0.102. The van der Waals surface area contributed by atoms with Crippen molar-refractivity contribution >= 4 is 29.0 Å². The molecule has 33 heavy (non-hydrogen) atoms. The number of amides is 1. The minimum atomic E-state index is -0.102. The Kier molecular flexibility index (Phi) is 8.00. The molecule has 0 spiro atoms. The summed E-state index contributed by atoms with van der Waals surface area (Å²) < 4.78 is 11.4. The molecule has 0 aliphatic heterocycles. The molecule has 0 aliphatic rings. The lowest BCUT2D eigenvalue weighted by Gasteiger charge is -2.11. The molecule has 4 rings (SSSR count). The van der Waals surface area contributed by atoms with E-state index in [0.717, 1.165) is 16.2 Å². The fourth-order valence-electron chi connectivity index (χ4n) is 3.10.